The first-order valence-corrected chi connectivity index (χ1v) is 13.5. The Labute approximate surface area is 238 Å². The van der Waals surface area contributed by atoms with Crippen LogP contribution in [0.4, 0.5) is 4.79 Å². The van der Waals surface area contributed by atoms with Crippen molar-refractivity contribution < 1.29 is 42.9 Å². The van der Waals surface area contributed by atoms with Crippen LogP contribution in [0.25, 0.3) is 10.9 Å². The summed E-state index contributed by atoms with van der Waals surface area (Å²) in [6.07, 6.45) is -0.769. The van der Waals surface area contributed by atoms with E-state index in [4.69, 9.17) is 23.7 Å². The lowest BCUT2D eigenvalue weighted by Gasteiger charge is -2.28. The van der Waals surface area contributed by atoms with Crippen molar-refractivity contribution in [2.75, 3.05) is 27.4 Å². The molecule has 222 valence electrons. The van der Waals surface area contributed by atoms with E-state index in [1.54, 1.807) is 45.9 Å². The quantitative estimate of drug-likeness (QED) is 0.371. The summed E-state index contributed by atoms with van der Waals surface area (Å²) in [5.41, 5.74) is -1.46. The predicted octanol–water partition coefficient (Wildman–Crippen LogP) is 3.24. The molecule has 1 aromatic heterocycles. The Hall–Kier alpha value is -4.09. The van der Waals surface area contributed by atoms with Gasteiger partial charge in [-0.25, -0.2) is 19.4 Å². The lowest BCUT2D eigenvalue weighted by atomic mass is 10.1. The lowest BCUT2D eigenvalue weighted by Crippen LogP contribution is -2.53. The van der Waals surface area contributed by atoms with E-state index in [2.05, 4.69) is 10.3 Å². The van der Waals surface area contributed by atoms with Crippen LogP contribution in [-0.4, -0.2) is 84.5 Å². The molecular weight excluding hydrogens is 534 g/mol. The van der Waals surface area contributed by atoms with Gasteiger partial charge in [-0.1, -0.05) is 6.92 Å². The van der Waals surface area contributed by atoms with Crippen LogP contribution in [0.2, 0.25) is 0 Å². The number of hydrogen-bond donors (Lipinski definition) is 1. The number of nitrogens with zero attached hydrogens (tertiary/aromatic N) is 2. The van der Waals surface area contributed by atoms with Gasteiger partial charge in [-0.2, -0.15) is 0 Å². The zero-order valence-electron chi connectivity index (χ0n) is 24.4. The minimum Gasteiger partial charge on any atom is -0.497 e. The lowest BCUT2D eigenvalue weighted by molar-refractivity contribution is -0.149. The number of likely N-dealkylation sites (tertiary alicyclic amines) is 1. The van der Waals surface area contributed by atoms with Gasteiger partial charge in [-0.3, -0.25) is 9.69 Å². The molecule has 0 bridgehead atoms. The molecule has 41 heavy (non-hydrogen) atoms. The number of benzene rings is 1. The predicted molar refractivity (Wildman–Crippen MR) is 147 cm³/mol. The number of carbonyl (C=O) groups excluding carboxylic acids is 4. The number of pyridine rings is 1. The van der Waals surface area contributed by atoms with Crippen molar-refractivity contribution in [3.63, 3.8) is 0 Å². The number of fused-ring (bicyclic) bond motifs is 1. The molecule has 0 radical (unpaired) electrons. The molecule has 1 N–H and O–H groups in total. The summed E-state index contributed by atoms with van der Waals surface area (Å²) >= 11 is 0. The standard InChI is InChI=1S/C29H37N3O9/c1-8-39-26(35)29(14-16(29)2)31-24(33)22-12-18(15-32(22)27(36)41-28(3,4)5)40-23-13-21(25(34)38-7)30-20-11-17(37-6)9-10-19(20)23/h9-11,13,16,18,22H,8,12,14-15H2,1-7H3,(H,31,33)/t16-,18+,22-,29-/m0/s1. The summed E-state index contributed by atoms with van der Waals surface area (Å²) < 4.78 is 27.3. The molecule has 12 nitrogen and oxygen atoms in total. The number of ether oxygens (including phenoxy) is 5. The van der Waals surface area contributed by atoms with Crippen LogP contribution >= 0.6 is 0 Å². The molecule has 2 aromatic rings. The molecule has 1 saturated heterocycles. The first-order chi connectivity index (χ1) is 19.3. The highest BCUT2D eigenvalue weighted by molar-refractivity contribution is 5.95. The summed E-state index contributed by atoms with van der Waals surface area (Å²) in [7, 11) is 2.77. The number of methoxy groups -OCH3 is 2. The molecule has 1 saturated carbocycles. The first kappa shape index (κ1) is 29.9. The number of rotatable bonds is 8. The fourth-order valence-corrected chi connectivity index (χ4v) is 4.94. The topological polar surface area (TPSA) is 143 Å². The van der Waals surface area contributed by atoms with Gasteiger partial charge < -0.3 is 29.0 Å². The summed E-state index contributed by atoms with van der Waals surface area (Å²) in [6, 6.07) is 5.64. The second-order valence-electron chi connectivity index (χ2n) is 11.3. The molecule has 2 heterocycles. The van der Waals surface area contributed by atoms with Crippen molar-refractivity contribution >= 4 is 34.8 Å². The molecule has 12 heteroatoms. The van der Waals surface area contributed by atoms with E-state index in [1.807, 2.05) is 6.92 Å². The monoisotopic (exact) mass is 571 g/mol. The van der Waals surface area contributed by atoms with E-state index >= 15 is 0 Å². The maximum atomic E-state index is 13.6. The number of carbonyl (C=O) groups is 4. The van der Waals surface area contributed by atoms with E-state index in [0.29, 0.717) is 28.8 Å². The van der Waals surface area contributed by atoms with E-state index in [0.717, 1.165) is 0 Å². The Morgan fingerprint density at radius 1 is 1.15 bits per heavy atom. The molecule has 0 spiro atoms. The van der Waals surface area contributed by atoms with Gasteiger partial charge >= 0.3 is 18.0 Å². The maximum absolute atomic E-state index is 13.6. The first-order valence-electron chi connectivity index (χ1n) is 13.5. The van der Waals surface area contributed by atoms with Crippen molar-refractivity contribution in [2.45, 2.75) is 70.7 Å². The minimum atomic E-state index is -1.12. The minimum absolute atomic E-state index is 0.0265. The second-order valence-corrected chi connectivity index (χ2v) is 11.3. The van der Waals surface area contributed by atoms with Gasteiger partial charge in [0.15, 0.2) is 5.69 Å². The molecule has 4 atom stereocenters. The Bertz CT molecular complexity index is 1360. The zero-order valence-corrected chi connectivity index (χ0v) is 24.4. The molecule has 0 unspecified atom stereocenters. The number of hydrogen-bond acceptors (Lipinski definition) is 10. The van der Waals surface area contributed by atoms with Gasteiger partial charge in [-0.15, -0.1) is 0 Å². The average molecular weight is 572 g/mol. The molecule has 4 rings (SSSR count). The third-order valence-corrected chi connectivity index (χ3v) is 7.16. The highest BCUT2D eigenvalue weighted by Crippen LogP contribution is 2.44. The van der Waals surface area contributed by atoms with Gasteiger partial charge in [0, 0.05) is 23.9 Å². The fraction of sp³-hybridized carbons (Fsp3) is 0.552. The average Bonchev–Trinajstić information content (AvgIpc) is 3.36. The number of amides is 2. The van der Waals surface area contributed by atoms with Gasteiger partial charge in [0.2, 0.25) is 5.91 Å². The molecular formula is C29H37N3O9. The van der Waals surface area contributed by atoms with E-state index in [9.17, 15) is 19.2 Å². The van der Waals surface area contributed by atoms with Crippen LogP contribution < -0.4 is 14.8 Å². The number of nitrogens with one attached hydrogen (secondary N) is 1. The number of esters is 2. The summed E-state index contributed by atoms with van der Waals surface area (Å²) in [5.74, 6) is -0.890. The molecule has 2 amide bonds. The second kappa shape index (κ2) is 11.4. The summed E-state index contributed by atoms with van der Waals surface area (Å²) in [5, 5.41) is 3.45. The molecule has 2 aliphatic rings. The Morgan fingerprint density at radius 2 is 1.85 bits per heavy atom. The largest absolute Gasteiger partial charge is 0.497 e. The van der Waals surface area contributed by atoms with Crippen LogP contribution in [-0.2, 0) is 23.8 Å². The SMILES string of the molecule is CCOC(=O)[C@]1(NC(=O)[C@@H]2C[C@@H](Oc3cc(C(=O)OC)nc4cc(OC)ccc34)CN2C(=O)OC(C)(C)C)C[C@@H]1C. The van der Waals surface area contributed by atoms with Crippen molar-refractivity contribution in [1.82, 2.24) is 15.2 Å². The van der Waals surface area contributed by atoms with Crippen molar-refractivity contribution in [3.8, 4) is 11.5 Å². The highest BCUT2D eigenvalue weighted by Gasteiger charge is 2.61. The van der Waals surface area contributed by atoms with Crippen LogP contribution in [0.1, 0.15) is 57.9 Å². The molecule has 1 aromatic carbocycles. The maximum Gasteiger partial charge on any atom is 0.411 e. The van der Waals surface area contributed by atoms with Crippen molar-refractivity contribution in [3.05, 3.63) is 30.0 Å². The molecule has 2 fully saturated rings. The van der Waals surface area contributed by atoms with Gasteiger partial charge in [-0.05, 0) is 52.2 Å². The fourth-order valence-electron chi connectivity index (χ4n) is 4.94. The van der Waals surface area contributed by atoms with E-state index < -0.39 is 47.2 Å². The molecule has 1 aliphatic carbocycles. The Balaban J connectivity index is 1.64. The summed E-state index contributed by atoms with van der Waals surface area (Å²) in [4.78, 5) is 57.5. The highest BCUT2D eigenvalue weighted by atomic mass is 16.6. The smallest absolute Gasteiger partial charge is 0.411 e. The van der Waals surface area contributed by atoms with Crippen molar-refractivity contribution in [1.29, 1.82) is 0 Å². The molecule has 1 aliphatic heterocycles. The van der Waals surface area contributed by atoms with Crippen LogP contribution in [0.15, 0.2) is 24.3 Å². The van der Waals surface area contributed by atoms with E-state index in [1.165, 1.54) is 25.2 Å². The Morgan fingerprint density at radius 3 is 2.44 bits per heavy atom. The normalized spacial score (nSPS) is 23.5. The Kier molecular flexibility index (Phi) is 8.32. The van der Waals surface area contributed by atoms with Crippen LogP contribution in [0.5, 0.6) is 11.5 Å². The van der Waals surface area contributed by atoms with Crippen molar-refractivity contribution in [2.24, 2.45) is 5.92 Å². The van der Waals surface area contributed by atoms with Crippen LogP contribution in [0.3, 0.4) is 0 Å². The third kappa shape index (κ3) is 6.31. The van der Waals surface area contributed by atoms with Gasteiger partial charge in [0.05, 0.1) is 32.9 Å². The zero-order chi connectivity index (χ0) is 30.1. The van der Waals surface area contributed by atoms with Gasteiger partial charge in [0.1, 0.15) is 34.8 Å². The van der Waals surface area contributed by atoms with E-state index in [-0.39, 0.29) is 31.2 Å². The van der Waals surface area contributed by atoms with Crippen LogP contribution in [0, 0.1) is 5.92 Å². The number of aromatic nitrogens is 1. The summed E-state index contributed by atoms with van der Waals surface area (Å²) in [6.45, 7) is 8.97. The van der Waals surface area contributed by atoms with Gasteiger partial charge in [0.25, 0.3) is 0 Å². The third-order valence-electron chi connectivity index (χ3n) is 7.16.